The summed E-state index contributed by atoms with van der Waals surface area (Å²) in [5, 5.41) is 3.87. The molecule has 1 N–H and O–H groups in total. The van der Waals surface area contributed by atoms with E-state index in [9.17, 15) is 4.79 Å². The van der Waals surface area contributed by atoms with Crippen LogP contribution in [-0.2, 0) is 6.54 Å². The van der Waals surface area contributed by atoms with Gasteiger partial charge in [0.05, 0.1) is 6.54 Å². The molecule has 0 spiro atoms. The molecule has 128 valence electrons. The molecular weight excluding hydrogens is 356 g/mol. The highest BCUT2D eigenvalue weighted by Crippen LogP contribution is 2.18. The van der Waals surface area contributed by atoms with Crippen LogP contribution < -0.4 is 0 Å². The van der Waals surface area contributed by atoms with Gasteiger partial charge in [-0.25, -0.2) is 0 Å². The Balaban J connectivity index is 1.91. The van der Waals surface area contributed by atoms with Crippen molar-refractivity contribution in [3.8, 4) is 11.4 Å². The number of amides is 1. The zero-order chi connectivity index (χ0) is 18.0. The van der Waals surface area contributed by atoms with Gasteiger partial charge in [0, 0.05) is 30.2 Å². The zero-order valence-electron chi connectivity index (χ0n) is 13.9. The lowest BCUT2D eigenvalue weighted by atomic mass is 10.1. The first-order chi connectivity index (χ1) is 11.9. The average molecular weight is 373 g/mol. The van der Waals surface area contributed by atoms with Crippen LogP contribution in [-0.4, -0.2) is 39.7 Å². The maximum Gasteiger partial charge on any atom is 0.253 e. The van der Waals surface area contributed by atoms with E-state index in [0.29, 0.717) is 27.7 Å². The predicted molar refractivity (Wildman–Crippen MR) is 101 cm³/mol. The van der Waals surface area contributed by atoms with Gasteiger partial charge in [0.2, 0.25) is 4.77 Å². The van der Waals surface area contributed by atoms with Crippen molar-refractivity contribution < 1.29 is 4.79 Å². The van der Waals surface area contributed by atoms with E-state index in [1.165, 1.54) is 0 Å². The number of carbonyl (C=O) groups excluding carboxylic acids is 1. The van der Waals surface area contributed by atoms with Crippen LogP contribution >= 0.6 is 23.8 Å². The Morgan fingerprint density at radius 1 is 1.24 bits per heavy atom. The van der Waals surface area contributed by atoms with E-state index in [0.717, 1.165) is 11.1 Å². The van der Waals surface area contributed by atoms with Crippen LogP contribution in [0.1, 0.15) is 15.9 Å². The van der Waals surface area contributed by atoms with E-state index in [-0.39, 0.29) is 5.91 Å². The lowest BCUT2D eigenvalue weighted by molar-refractivity contribution is 0.0827. The first-order valence-corrected chi connectivity index (χ1v) is 8.46. The molecule has 0 fully saturated rings. The molecule has 5 nitrogen and oxygen atoms in total. The molecule has 0 unspecified atom stereocenters. The van der Waals surface area contributed by atoms with Crippen LogP contribution in [0.2, 0.25) is 5.02 Å². The summed E-state index contributed by atoms with van der Waals surface area (Å²) in [7, 11) is 3.45. The molecule has 1 amide bonds. The predicted octanol–water partition coefficient (Wildman–Crippen LogP) is 4.01. The summed E-state index contributed by atoms with van der Waals surface area (Å²) >= 11 is 11.4. The molecule has 0 radical (unpaired) electrons. The number of halogens is 1. The van der Waals surface area contributed by atoms with Crippen LogP contribution in [0.3, 0.4) is 0 Å². The molecule has 2 aromatic carbocycles. The molecule has 0 bridgehead atoms. The summed E-state index contributed by atoms with van der Waals surface area (Å²) in [4.78, 5) is 18.1. The average Bonchev–Trinajstić information content (AvgIpc) is 2.95. The summed E-state index contributed by atoms with van der Waals surface area (Å²) in [5.41, 5.74) is 2.44. The van der Waals surface area contributed by atoms with Crippen LogP contribution in [0.15, 0.2) is 48.5 Å². The van der Waals surface area contributed by atoms with Crippen LogP contribution in [0, 0.1) is 4.77 Å². The van der Waals surface area contributed by atoms with Gasteiger partial charge in [-0.3, -0.25) is 14.6 Å². The van der Waals surface area contributed by atoms with E-state index in [2.05, 4.69) is 10.1 Å². The quantitative estimate of drug-likeness (QED) is 0.704. The molecule has 1 heterocycles. The van der Waals surface area contributed by atoms with Gasteiger partial charge < -0.3 is 4.90 Å². The third kappa shape index (κ3) is 3.97. The molecule has 0 saturated carbocycles. The first kappa shape index (κ1) is 17.4. The van der Waals surface area contributed by atoms with Gasteiger partial charge in [0.25, 0.3) is 5.91 Å². The van der Waals surface area contributed by atoms with Crippen molar-refractivity contribution in [3.05, 3.63) is 69.5 Å². The van der Waals surface area contributed by atoms with Gasteiger partial charge in [0.15, 0.2) is 5.82 Å². The molecule has 0 atom stereocenters. The number of aromatic amines is 1. The number of nitrogens with zero attached hydrogens (tertiary/aromatic N) is 3. The maximum absolute atomic E-state index is 12.1. The van der Waals surface area contributed by atoms with E-state index >= 15 is 0 Å². The number of carbonyl (C=O) groups is 1. The highest BCUT2D eigenvalue weighted by molar-refractivity contribution is 7.71. The normalized spacial score (nSPS) is 10.7. The molecule has 3 rings (SSSR count). The Kier molecular flexibility index (Phi) is 5.01. The van der Waals surface area contributed by atoms with E-state index in [1.54, 1.807) is 35.8 Å². The van der Waals surface area contributed by atoms with Crippen molar-refractivity contribution in [2.24, 2.45) is 0 Å². The topological polar surface area (TPSA) is 53.9 Å². The monoisotopic (exact) mass is 372 g/mol. The van der Waals surface area contributed by atoms with Crippen molar-refractivity contribution in [1.29, 1.82) is 0 Å². The number of benzene rings is 2. The second kappa shape index (κ2) is 7.21. The first-order valence-electron chi connectivity index (χ1n) is 7.67. The minimum atomic E-state index is -0.0567. The smallest absolute Gasteiger partial charge is 0.253 e. The summed E-state index contributed by atoms with van der Waals surface area (Å²) in [6, 6.07) is 14.9. The number of nitrogens with one attached hydrogen (secondary N) is 1. The Morgan fingerprint density at radius 2 is 2.00 bits per heavy atom. The standard InChI is InChI=1S/C18H17ClN4OS/c1-22(2)17(24)14-7-4-6-13(10-14)16-20-18(25)23(21-16)11-12-5-3-8-15(19)9-12/h3-10H,11H2,1-2H3,(H,20,21,25). The molecule has 0 saturated heterocycles. The fourth-order valence-electron chi connectivity index (χ4n) is 2.47. The summed E-state index contributed by atoms with van der Waals surface area (Å²) in [6.07, 6.45) is 0. The molecule has 0 aliphatic heterocycles. The van der Waals surface area contributed by atoms with E-state index < -0.39 is 0 Å². The third-order valence-corrected chi connectivity index (χ3v) is 4.24. The van der Waals surface area contributed by atoms with Crippen molar-refractivity contribution in [2.45, 2.75) is 6.54 Å². The van der Waals surface area contributed by atoms with Gasteiger partial charge in [-0.1, -0.05) is 35.9 Å². The summed E-state index contributed by atoms with van der Waals surface area (Å²) in [6.45, 7) is 0.544. The minimum absolute atomic E-state index is 0.0567. The lowest BCUT2D eigenvalue weighted by Crippen LogP contribution is -2.21. The van der Waals surface area contributed by atoms with Gasteiger partial charge in [-0.2, -0.15) is 4.98 Å². The van der Waals surface area contributed by atoms with Crippen molar-refractivity contribution in [2.75, 3.05) is 14.1 Å². The van der Waals surface area contributed by atoms with Gasteiger partial charge in [-0.15, -0.1) is 0 Å². The van der Waals surface area contributed by atoms with E-state index in [1.807, 2.05) is 36.4 Å². The Bertz CT molecular complexity index is 977. The SMILES string of the molecule is CN(C)C(=O)c1cccc(-c2nc(=S)n(Cc3cccc(Cl)c3)[nH]2)c1. The van der Waals surface area contributed by atoms with Crippen molar-refractivity contribution in [3.63, 3.8) is 0 Å². The Hall–Kier alpha value is -2.44. The molecule has 1 aromatic heterocycles. The number of hydrogen-bond donors (Lipinski definition) is 1. The lowest BCUT2D eigenvalue weighted by Gasteiger charge is -2.10. The fourth-order valence-corrected chi connectivity index (χ4v) is 2.88. The number of hydrogen-bond acceptors (Lipinski definition) is 3. The molecule has 0 aliphatic carbocycles. The maximum atomic E-state index is 12.1. The van der Waals surface area contributed by atoms with Gasteiger partial charge in [0.1, 0.15) is 0 Å². The number of aromatic nitrogens is 3. The second-order valence-corrected chi connectivity index (χ2v) is 6.65. The Morgan fingerprint density at radius 3 is 2.72 bits per heavy atom. The second-order valence-electron chi connectivity index (χ2n) is 5.85. The Labute approximate surface area is 155 Å². The highest BCUT2D eigenvalue weighted by atomic mass is 35.5. The van der Waals surface area contributed by atoms with Crippen LogP contribution in [0.4, 0.5) is 0 Å². The largest absolute Gasteiger partial charge is 0.345 e. The molecule has 25 heavy (non-hydrogen) atoms. The minimum Gasteiger partial charge on any atom is -0.345 e. The van der Waals surface area contributed by atoms with E-state index in [4.69, 9.17) is 23.8 Å². The molecule has 7 heteroatoms. The summed E-state index contributed by atoms with van der Waals surface area (Å²) in [5.74, 6) is 0.569. The molecular formula is C18H17ClN4OS. The van der Waals surface area contributed by atoms with Crippen LogP contribution in [0.25, 0.3) is 11.4 Å². The molecule has 3 aromatic rings. The van der Waals surface area contributed by atoms with Gasteiger partial charge in [-0.05, 0) is 42.0 Å². The van der Waals surface area contributed by atoms with Gasteiger partial charge >= 0.3 is 0 Å². The third-order valence-electron chi connectivity index (χ3n) is 3.70. The van der Waals surface area contributed by atoms with Crippen molar-refractivity contribution in [1.82, 2.24) is 19.7 Å². The van der Waals surface area contributed by atoms with Crippen LogP contribution in [0.5, 0.6) is 0 Å². The zero-order valence-corrected chi connectivity index (χ0v) is 15.4. The number of rotatable bonds is 4. The number of H-pyrrole nitrogens is 1. The van der Waals surface area contributed by atoms with Crippen molar-refractivity contribution >= 4 is 29.7 Å². The summed E-state index contributed by atoms with van der Waals surface area (Å²) < 4.78 is 2.22. The molecule has 0 aliphatic rings. The highest BCUT2D eigenvalue weighted by Gasteiger charge is 2.11. The fraction of sp³-hybridized carbons (Fsp3) is 0.167.